The van der Waals surface area contributed by atoms with Crippen LogP contribution in [0.4, 0.5) is 22.4 Å². The summed E-state index contributed by atoms with van der Waals surface area (Å²) in [5, 5.41) is 5.78. The van der Waals surface area contributed by atoms with E-state index in [1.54, 1.807) is 46.1 Å². The maximum Gasteiger partial charge on any atom is 0.431 e. The lowest BCUT2D eigenvalue weighted by atomic mass is 10.0. The van der Waals surface area contributed by atoms with E-state index in [-0.39, 0.29) is 36.5 Å². The van der Waals surface area contributed by atoms with Gasteiger partial charge in [-0.25, -0.2) is 22.8 Å². The molecule has 1 heterocycles. The van der Waals surface area contributed by atoms with E-state index in [0.29, 0.717) is 39.2 Å². The molecule has 1 fully saturated rings. The number of aldehydes is 1. The number of hydrogen-bond donors (Lipinski definition) is 3. The van der Waals surface area contributed by atoms with E-state index in [1.165, 1.54) is 27.9 Å². The number of benzene rings is 2. The van der Waals surface area contributed by atoms with Gasteiger partial charge in [-0.1, -0.05) is 6.07 Å². The molecule has 2 amide bonds. The first-order valence-corrected chi connectivity index (χ1v) is 18.8. The highest BCUT2D eigenvalue weighted by molar-refractivity contribution is 5.97. The minimum absolute atomic E-state index is 0.153. The van der Waals surface area contributed by atoms with Gasteiger partial charge >= 0.3 is 18.0 Å². The van der Waals surface area contributed by atoms with Gasteiger partial charge in [0.1, 0.15) is 23.1 Å². The van der Waals surface area contributed by atoms with Gasteiger partial charge in [0.25, 0.3) is 12.4 Å². The number of rotatable bonds is 18. The second kappa shape index (κ2) is 26.8. The molecule has 0 radical (unpaired) electrons. The van der Waals surface area contributed by atoms with Crippen molar-refractivity contribution in [3.63, 3.8) is 0 Å². The normalized spacial score (nSPS) is 15.9. The van der Waals surface area contributed by atoms with Crippen molar-refractivity contribution in [1.29, 1.82) is 0 Å². The Labute approximate surface area is 356 Å². The van der Waals surface area contributed by atoms with Crippen LogP contribution in [0.15, 0.2) is 18.2 Å². The van der Waals surface area contributed by atoms with Crippen LogP contribution in [0, 0.1) is 30.2 Å². The molecular formula is C40H55F4N3O15. The third-order valence-electron chi connectivity index (χ3n) is 7.62. The molecule has 1 aliphatic rings. The largest absolute Gasteiger partial charge is 0.467 e. The number of esters is 2. The first-order valence-electron chi connectivity index (χ1n) is 18.8. The van der Waals surface area contributed by atoms with Crippen LogP contribution in [0.5, 0.6) is 11.5 Å². The average Bonchev–Trinajstić information content (AvgIpc) is 3.21. The fourth-order valence-electron chi connectivity index (χ4n) is 4.77. The lowest BCUT2D eigenvalue weighted by molar-refractivity contribution is -0.204. The fourth-order valence-corrected chi connectivity index (χ4v) is 4.77. The predicted octanol–water partition coefficient (Wildman–Crippen LogP) is 4.29. The van der Waals surface area contributed by atoms with Crippen molar-refractivity contribution < 1.29 is 89.1 Å². The van der Waals surface area contributed by atoms with Crippen molar-refractivity contribution >= 4 is 36.7 Å². The lowest BCUT2D eigenvalue weighted by Gasteiger charge is -2.33. The summed E-state index contributed by atoms with van der Waals surface area (Å²) in [5.41, 5.74) is 0.713. The summed E-state index contributed by atoms with van der Waals surface area (Å²) in [5.74, 6) is -9.23. The van der Waals surface area contributed by atoms with Gasteiger partial charge in [-0.05, 0) is 66.3 Å². The number of halogens is 4. The molecule has 18 nitrogen and oxygen atoms in total. The average molecular weight is 894 g/mol. The summed E-state index contributed by atoms with van der Waals surface area (Å²) >= 11 is 0. The number of ether oxygens (including phenoxy) is 8. The van der Waals surface area contributed by atoms with E-state index in [2.05, 4.69) is 15.4 Å². The summed E-state index contributed by atoms with van der Waals surface area (Å²) in [6.45, 7) is 12.4. The standard InChI is InChI=1S/C23H34N2O9.C9H17NO4.C8H4F4O2/c1-15(26)32-17-12-20(23(28)30-4)34-21(13-17)33-19-6-5-16(14-29-3)11-18(19)22(27)25-8-10-31-9-7-24-2;1-8(2,3)13-7(12)10-14-9(4,5)6-11;1-3-4(9)6(11)7(12)8(5(3)10)14-2-13/h5-6,11,17,20-21,24H,7-10,12-14H2,1-4H3,(H,25,27);6H,1-5H3,(H,10,12);2H,1H3. The predicted molar refractivity (Wildman–Crippen MR) is 209 cm³/mol. The van der Waals surface area contributed by atoms with Gasteiger partial charge in [0.2, 0.25) is 17.9 Å². The lowest BCUT2D eigenvalue weighted by Crippen LogP contribution is -2.44. The van der Waals surface area contributed by atoms with Gasteiger partial charge in [-0.3, -0.25) is 19.2 Å². The molecule has 1 aliphatic heterocycles. The first kappa shape index (κ1) is 54.6. The van der Waals surface area contributed by atoms with Crippen molar-refractivity contribution in [2.75, 3.05) is 47.6 Å². The first-order chi connectivity index (χ1) is 29.0. The Hall–Kier alpha value is -5.42. The zero-order valence-corrected chi connectivity index (χ0v) is 36.2. The van der Waals surface area contributed by atoms with E-state index in [9.17, 15) is 46.3 Å². The highest BCUT2D eigenvalue weighted by Crippen LogP contribution is 2.30. The number of methoxy groups -OCH3 is 2. The zero-order chi connectivity index (χ0) is 47.2. The Morgan fingerprint density at radius 3 is 2.15 bits per heavy atom. The summed E-state index contributed by atoms with van der Waals surface area (Å²) in [6, 6.07) is 5.07. The molecule has 1 saturated heterocycles. The molecule has 0 bridgehead atoms. The van der Waals surface area contributed by atoms with Crippen LogP contribution in [-0.4, -0.2) is 114 Å². The van der Waals surface area contributed by atoms with Crippen LogP contribution in [0.2, 0.25) is 0 Å². The molecule has 348 valence electrons. The van der Waals surface area contributed by atoms with Crippen LogP contribution < -0.4 is 25.6 Å². The fraction of sp³-hybridized carbons (Fsp3) is 0.550. The third kappa shape index (κ3) is 19.5. The van der Waals surface area contributed by atoms with E-state index in [4.69, 9.17) is 38.0 Å². The maximum absolute atomic E-state index is 13.0. The summed E-state index contributed by atoms with van der Waals surface area (Å²) in [6.07, 6.45) is -2.29. The second-order valence-electron chi connectivity index (χ2n) is 14.5. The molecule has 2 aromatic rings. The number of carbonyl (C=O) groups excluding carboxylic acids is 6. The van der Waals surface area contributed by atoms with E-state index < -0.39 is 82.3 Å². The molecule has 0 saturated carbocycles. The highest BCUT2D eigenvalue weighted by atomic mass is 19.2. The van der Waals surface area contributed by atoms with Crippen molar-refractivity contribution in [3.8, 4) is 11.5 Å². The molecule has 3 atom stereocenters. The summed E-state index contributed by atoms with van der Waals surface area (Å²) in [7, 11) is 4.64. The van der Waals surface area contributed by atoms with E-state index >= 15 is 0 Å². The van der Waals surface area contributed by atoms with Crippen LogP contribution >= 0.6 is 0 Å². The van der Waals surface area contributed by atoms with E-state index in [0.717, 1.165) is 12.5 Å². The van der Waals surface area contributed by atoms with Crippen molar-refractivity contribution in [3.05, 3.63) is 58.2 Å². The molecule has 62 heavy (non-hydrogen) atoms. The zero-order valence-electron chi connectivity index (χ0n) is 36.2. The molecule has 3 rings (SSSR count). The number of hydrogen-bond acceptors (Lipinski definition) is 16. The summed E-state index contributed by atoms with van der Waals surface area (Å²) < 4.78 is 92.1. The molecular weight excluding hydrogens is 838 g/mol. The minimum atomic E-state index is -1.87. The third-order valence-corrected chi connectivity index (χ3v) is 7.62. The maximum atomic E-state index is 13.0. The quantitative estimate of drug-likeness (QED) is 0.0278. The monoisotopic (exact) mass is 893 g/mol. The Morgan fingerprint density at radius 2 is 1.58 bits per heavy atom. The van der Waals surface area contributed by atoms with Crippen molar-refractivity contribution in [2.24, 2.45) is 0 Å². The number of hydroxylamine groups is 1. The SMILES string of the molecule is CC(C)(C)OC(=O)NOC(C)(C)C=O.CNCCOCCNC(=O)c1cc(COC)ccc1OC1CC(OC(C)=O)CC(C(=O)OC)O1.Cc1c(F)c(F)c(F)c(OC=O)c1F. The molecule has 3 unspecified atom stereocenters. The molecule has 0 aromatic heterocycles. The van der Waals surface area contributed by atoms with Crippen LogP contribution in [0.25, 0.3) is 0 Å². The van der Waals surface area contributed by atoms with Gasteiger partial charge in [-0.2, -0.15) is 9.87 Å². The highest BCUT2D eigenvalue weighted by Gasteiger charge is 2.37. The van der Waals surface area contributed by atoms with Crippen molar-refractivity contribution in [1.82, 2.24) is 16.1 Å². The van der Waals surface area contributed by atoms with Gasteiger partial charge in [-0.15, -0.1) is 0 Å². The minimum Gasteiger partial charge on any atom is -0.467 e. The molecule has 3 N–H and O–H groups in total. The topological polar surface area (TPSA) is 222 Å². The Morgan fingerprint density at radius 1 is 0.919 bits per heavy atom. The Bertz CT molecular complexity index is 1780. The van der Waals surface area contributed by atoms with Crippen molar-refractivity contribution in [2.45, 2.75) is 97.6 Å². The Balaban J connectivity index is 0.000000562. The van der Waals surface area contributed by atoms with Gasteiger partial charge in [0, 0.05) is 45.5 Å². The van der Waals surface area contributed by atoms with Crippen LogP contribution in [-0.2, 0) is 59.0 Å². The summed E-state index contributed by atoms with van der Waals surface area (Å²) in [4.78, 5) is 72.5. The van der Waals surface area contributed by atoms with Crippen LogP contribution in [0.1, 0.15) is 75.9 Å². The number of likely N-dealkylation sites (N-methyl/N-ethyl adjacent to an activating group) is 1. The molecule has 2 aromatic carbocycles. The molecule has 0 aliphatic carbocycles. The Kier molecular flexibility index (Phi) is 23.6. The van der Waals surface area contributed by atoms with Gasteiger partial charge in [0.15, 0.2) is 29.8 Å². The second-order valence-corrected chi connectivity index (χ2v) is 14.5. The van der Waals surface area contributed by atoms with E-state index in [1.807, 2.05) is 12.5 Å². The van der Waals surface area contributed by atoms with Crippen LogP contribution in [0.3, 0.4) is 0 Å². The number of carbonyl (C=O) groups is 6. The smallest absolute Gasteiger partial charge is 0.431 e. The molecule has 22 heteroatoms. The number of amides is 2. The van der Waals surface area contributed by atoms with Gasteiger partial charge < -0.3 is 53.3 Å². The molecule has 0 spiro atoms. The number of nitrogens with one attached hydrogen (secondary N) is 3. The van der Waals surface area contributed by atoms with Gasteiger partial charge in [0.05, 0.1) is 32.5 Å².